The van der Waals surface area contributed by atoms with Crippen molar-refractivity contribution in [2.24, 2.45) is 0 Å². The van der Waals surface area contributed by atoms with Crippen LogP contribution in [-0.2, 0) is 12.8 Å². The first-order chi connectivity index (χ1) is 19.3. The third kappa shape index (κ3) is 5.68. The van der Waals surface area contributed by atoms with E-state index in [1.54, 1.807) is 0 Å². The fourth-order valence-electron chi connectivity index (χ4n) is 5.23. The number of benzene rings is 6. The Morgan fingerprint density at radius 3 is 1.08 bits per heavy atom. The van der Waals surface area contributed by atoms with Crippen LogP contribution in [0, 0.1) is 0 Å². The summed E-state index contributed by atoms with van der Waals surface area (Å²) in [5.41, 5.74) is 9.62. The molecule has 0 spiro atoms. The van der Waals surface area contributed by atoms with Crippen molar-refractivity contribution in [2.45, 2.75) is 12.8 Å². The molecule has 0 N–H and O–H groups in total. The number of hydrogen-bond acceptors (Lipinski definition) is 1. The Kier molecular flexibility index (Phi) is 7.32. The summed E-state index contributed by atoms with van der Waals surface area (Å²) in [5.74, 6) is 1.73. The highest BCUT2D eigenvalue weighted by molar-refractivity contribution is 5.78. The fourth-order valence-corrected chi connectivity index (χ4v) is 5.23. The van der Waals surface area contributed by atoms with Crippen molar-refractivity contribution in [1.82, 2.24) is 0 Å². The monoisotopic (exact) mass is 502 g/mol. The fraction of sp³-hybridized carbons (Fsp3) is 0.0526. The van der Waals surface area contributed by atoms with Gasteiger partial charge in [-0.2, -0.15) is 0 Å². The lowest BCUT2D eigenvalue weighted by Crippen LogP contribution is -1.99. The first-order valence-electron chi connectivity index (χ1n) is 13.5. The average molecular weight is 503 g/mol. The molecular formula is C38H30O. The highest BCUT2D eigenvalue weighted by Gasteiger charge is 2.17. The molecule has 1 nitrogen and oxygen atoms in total. The third-order valence-electron chi connectivity index (χ3n) is 7.04. The smallest absolute Gasteiger partial charge is 0.135 e. The molecule has 39 heavy (non-hydrogen) atoms. The van der Waals surface area contributed by atoms with Gasteiger partial charge in [0.05, 0.1) is 0 Å². The minimum atomic E-state index is 0.835. The molecule has 0 heterocycles. The van der Waals surface area contributed by atoms with Crippen LogP contribution in [0.2, 0.25) is 0 Å². The molecule has 0 aliphatic carbocycles. The molecule has 0 fully saturated rings. The predicted molar refractivity (Wildman–Crippen MR) is 162 cm³/mol. The molecule has 0 aliphatic rings. The Morgan fingerprint density at radius 1 is 0.333 bits per heavy atom. The van der Waals surface area contributed by atoms with E-state index in [4.69, 9.17) is 4.74 Å². The molecule has 1 heteroatoms. The van der Waals surface area contributed by atoms with Gasteiger partial charge in [-0.1, -0.05) is 146 Å². The van der Waals surface area contributed by atoms with Gasteiger partial charge in [-0.3, -0.25) is 0 Å². The Morgan fingerprint density at radius 2 is 0.692 bits per heavy atom. The van der Waals surface area contributed by atoms with Gasteiger partial charge in [-0.05, 0) is 58.4 Å². The molecule has 6 rings (SSSR count). The van der Waals surface area contributed by atoms with Crippen LogP contribution in [0.4, 0.5) is 0 Å². The van der Waals surface area contributed by atoms with Gasteiger partial charge in [0.2, 0.25) is 0 Å². The molecule has 0 unspecified atom stereocenters. The average Bonchev–Trinajstić information content (AvgIpc) is 2.99. The molecule has 0 saturated heterocycles. The summed E-state index contributed by atoms with van der Waals surface area (Å²) in [6, 6.07) is 55.2. The van der Waals surface area contributed by atoms with Crippen LogP contribution in [0.3, 0.4) is 0 Å². The molecule has 0 aliphatic heterocycles. The molecule has 0 amide bonds. The van der Waals surface area contributed by atoms with Gasteiger partial charge >= 0.3 is 0 Å². The largest absolute Gasteiger partial charge is 0.456 e. The Bertz CT molecular complexity index is 1510. The van der Waals surface area contributed by atoms with Crippen LogP contribution in [0.1, 0.15) is 22.3 Å². The number of ether oxygens (including phenoxy) is 1. The summed E-state index contributed by atoms with van der Waals surface area (Å²) in [4.78, 5) is 0. The standard InChI is InChI=1S/C38H30O/c1-5-15-29(16-6-1)27-33-23-13-25-35(37(33)31-19-9-3-10-20-31)39-36-26-14-24-34(28-30-17-7-2-8-18-30)38(36)32-21-11-4-12-22-32/h1-26H,27-28H2. The van der Waals surface area contributed by atoms with Gasteiger partial charge in [-0.25, -0.2) is 0 Å². The Labute approximate surface area is 231 Å². The minimum absolute atomic E-state index is 0.835. The summed E-state index contributed by atoms with van der Waals surface area (Å²) in [5, 5.41) is 0. The summed E-state index contributed by atoms with van der Waals surface area (Å²) >= 11 is 0. The van der Waals surface area contributed by atoms with E-state index in [-0.39, 0.29) is 0 Å². The summed E-state index contributed by atoms with van der Waals surface area (Å²) < 4.78 is 6.91. The van der Waals surface area contributed by atoms with Crippen LogP contribution in [0.15, 0.2) is 158 Å². The molecule has 6 aromatic rings. The normalized spacial score (nSPS) is 10.8. The third-order valence-corrected chi connectivity index (χ3v) is 7.04. The van der Waals surface area contributed by atoms with Crippen molar-refractivity contribution in [1.29, 1.82) is 0 Å². The second-order valence-electron chi connectivity index (χ2n) is 9.74. The molecule has 188 valence electrons. The maximum atomic E-state index is 6.91. The summed E-state index contributed by atoms with van der Waals surface area (Å²) in [7, 11) is 0. The van der Waals surface area contributed by atoms with Gasteiger partial charge in [0.15, 0.2) is 0 Å². The SMILES string of the molecule is c1ccc(Cc2cccc(Oc3cccc(Cc4ccccc4)c3-c3ccccc3)c2-c2ccccc2)cc1. The van der Waals surface area contributed by atoms with E-state index >= 15 is 0 Å². The molecule has 0 radical (unpaired) electrons. The number of rotatable bonds is 8. The van der Waals surface area contributed by atoms with Gasteiger partial charge in [0, 0.05) is 11.1 Å². The molecule has 0 aromatic heterocycles. The van der Waals surface area contributed by atoms with Crippen LogP contribution in [-0.4, -0.2) is 0 Å². The van der Waals surface area contributed by atoms with Gasteiger partial charge in [0.1, 0.15) is 11.5 Å². The van der Waals surface area contributed by atoms with Crippen LogP contribution in [0.5, 0.6) is 11.5 Å². The van der Waals surface area contributed by atoms with E-state index in [0.717, 1.165) is 46.6 Å². The van der Waals surface area contributed by atoms with Crippen molar-refractivity contribution in [2.75, 3.05) is 0 Å². The Balaban J connectivity index is 1.47. The quantitative estimate of drug-likeness (QED) is 0.201. The van der Waals surface area contributed by atoms with E-state index in [9.17, 15) is 0 Å². The van der Waals surface area contributed by atoms with Gasteiger partial charge in [0.25, 0.3) is 0 Å². The summed E-state index contributed by atoms with van der Waals surface area (Å²) in [6.07, 6.45) is 1.67. The maximum absolute atomic E-state index is 6.91. The van der Waals surface area contributed by atoms with Gasteiger partial charge < -0.3 is 4.74 Å². The lowest BCUT2D eigenvalue weighted by Gasteiger charge is -2.20. The predicted octanol–water partition coefficient (Wildman–Crippen LogP) is 9.99. The van der Waals surface area contributed by atoms with E-state index in [2.05, 4.69) is 158 Å². The first-order valence-corrected chi connectivity index (χ1v) is 13.5. The molecule has 6 aromatic carbocycles. The second-order valence-corrected chi connectivity index (χ2v) is 9.74. The lowest BCUT2D eigenvalue weighted by molar-refractivity contribution is 0.485. The molecule has 0 atom stereocenters. The van der Waals surface area contributed by atoms with E-state index < -0.39 is 0 Å². The highest BCUT2D eigenvalue weighted by atomic mass is 16.5. The lowest BCUT2D eigenvalue weighted by atomic mass is 9.93. The van der Waals surface area contributed by atoms with E-state index in [1.165, 1.54) is 22.3 Å². The number of hydrogen-bond donors (Lipinski definition) is 0. The zero-order chi connectivity index (χ0) is 26.3. The highest BCUT2D eigenvalue weighted by Crippen LogP contribution is 2.42. The minimum Gasteiger partial charge on any atom is -0.456 e. The first kappa shape index (κ1) is 24.5. The van der Waals surface area contributed by atoms with Crippen molar-refractivity contribution in [3.63, 3.8) is 0 Å². The van der Waals surface area contributed by atoms with E-state index in [0.29, 0.717) is 0 Å². The van der Waals surface area contributed by atoms with Crippen molar-refractivity contribution < 1.29 is 4.74 Å². The van der Waals surface area contributed by atoms with Crippen molar-refractivity contribution in [3.8, 4) is 33.8 Å². The second kappa shape index (κ2) is 11.7. The summed E-state index contributed by atoms with van der Waals surface area (Å²) in [6.45, 7) is 0. The van der Waals surface area contributed by atoms with Crippen molar-refractivity contribution >= 4 is 0 Å². The maximum Gasteiger partial charge on any atom is 0.135 e. The zero-order valence-electron chi connectivity index (χ0n) is 21.8. The topological polar surface area (TPSA) is 9.23 Å². The van der Waals surface area contributed by atoms with Crippen LogP contribution in [0.25, 0.3) is 22.3 Å². The van der Waals surface area contributed by atoms with Gasteiger partial charge in [-0.15, -0.1) is 0 Å². The zero-order valence-corrected chi connectivity index (χ0v) is 21.8. The molecular weight excluding hydrogens is 472 g/mol. The van der Waals surface area contributed by atoms with Crippen molar-refractivity contribution in [3.05, 3.63) is 180 Å². The molecule has 0 bridgehead atoms. The Hall–Kier alpha value is -4.88. The van der Waals surface area contributed by atoms with E-state index in [1.807, 2.05) is 0 Å². The van der Waals surface area contributed by atoms with Crippen LogP contribution < -0.4 is 4.74 Å². The molecule has 0 saturated carbocycles. The van der Waals surface area contributed by atoms with Crippen LogP contribution >= 0.6 is 0 Å².